The lowest BCUT2D eigenvalue weighted by Crippen LogP contribution is -2.23. The minimum absolute atomic E-state index is 0.125. The fourth-order valence-electron chi connectivity index (χ4n) is 1.97. The van der Waals surface area contributed by atoms with Gasteiger partial charge in [0, 0.05) is 16.6 Å². The second-order valence-corrected chi connectivity index (χ2v) is 5.92. The van der Waals surface area contributed by atoms with E-state index in [1.807, 2.05) is 0 Å². The van der Waals surface area contributed by atoms with Crippen molar-refractivity contribution in [2.45, 2.75) is 0 Å². The van der Waals surface area contributed by atoms with Crippen molar-refractivity contribution in [2.75, 3.05) is 25.6 Å². The first-order valence-corrected chi connectivity index (χ1v) is 8.35. The quantitative estimate of drug-likeness (QED) is 0.382. The summed E-state index contributed by atoms with van der Waals surface area (Å²) in [7, 11) is 1.47. The molecule has 0 unspecified atom stereocenters. The van der Waals surface area contributed by atoms with Crippen molar-refractivity contribution >= 4 is 39.2 Å². The lowest BCUT2D eigenvalue weighted by atomic mass is 10.3. The van der Waals surface area contributed by atoms with Crippen molar-refractivity contribution in [1.82, 2.24) is 0 Å². The van der Waals surface area contributed by atoms with E-state index < -0.39 is 30.0 Å². The van der Waals surface area contributed by atoms with Crippen molar-refractivity contribution in [3.05, 3.63) is 57.1 Å². The largest absolute Gasteiger partial charge is 0.493 e. The Morgan fingerprint density at radius 1 is 1.15 bits per heavy atom. The third-order valence-corrected chi connectivity index (χ3v) is 3.87. The van der Waals surface area contributed by atoms with Crippen LogP contribution in [0.3, 0.4) is 0 Å². The molecule has 2 aromatic carbocycles. The summed E-state index contributed by atoms with van der Waals surface area (Å²) in [5, 5.41) is 13.2. The molecule has 0 bridgehead atoms. The first-order chi connectivity index (χ1) is 12.9. The molecule has 0 spiro atoms. The Balaban J connectivity index is 1.81. The van der Waals surface area contributed by atoms with Crippen LogP contribution < -0.4 is 14.8 Å². The van der Waals surface area contributed by atoms with Crippen LogP contribution in [-0.4, -0.2) is 37.1 Å². The number of carbonyl (C=O) groups is 2. The topological polar surface area (TPSA) is 117 Å². The zero-order chi connectivity index (χ0) is 19.8. The maximum absolute atomic E-state index is 11.9. The van der Waals surface area contributed by atoms with Crippen molar-refractivity contribution < 1.29 is 28.7 Å². The number of ether oxygens (including phenoxy) is 3. The highest BCUT2D eigenvalue weighted by Gasteiger charge is 2.13. The summed E-state index contributed by atoms with van der Waals surface area (Å²) in [6, 6.07) is 10.6. The summed E-state index contributed by atoms with van der Waals surface area (Å²) in [5.74, 6) is -0.503. The lowest BCUT2D eigenvalue weighted by Gasteiger charge is -2.10. The smallest absolute Gasteiger partial charge is 0.344 e. The van der Waals surface area contributed by atoms with Crippen LogP contribution in [0.25, 0.3) is 0 Å². The number of non-ortho nitro benzene ring substituents is 1. The van der Waals surface area contributed by atoms with Gasteiger partial charge in [0.2, 0.25) is 0 Å². The molecule has 0 saturated carbocycles. The summed E-state index contributed by atoms with van der Waals surface area (Å²) in [5.41, 5.74) is 0.187. The molecular formula is C17H15BrN2O7. The fraction of sp³-hybridized carbons (Fsp3) is 0.176. The van der Waals surface area contributed by atoms with Gasteiger partial charge in [0.15, 0.2) is 24.7 Å². The van der Waals surface area contributed by atoms with E-state index in [9.17, 15) is 19.7 Å². The molecular weight excluding hydrogens is 424 g/mol. The van der Waals surface area contributed by atoms with Crippen LogP contribution in [0.4, 0.5) is 11.4 Å². The van der Waals surface area contributed by atoms with Gasteiger partial charge in [-0.3, -0.25) is 14.9 Å². The van der Waals surface area contributed by atoms with Gasteiger partial charge in [-0.15, -0.1) is 0 Å². The average Bonchev–Trinajstić information content (AvgIpc) is 2.66. The molecule has 0 fully saturated rings. The zero-order valence-corrected chi connectivity index (χ0v) is 15.7. The first kappa shape index (κ1) is 20.2. The Labute approximate surface area is 162 Å². The van der Waals surface area contributed by atoms with Crippen LogP contribution in [0.2, 0.25) is 0 Å². The molecule has 0 radical (unpaired) electrons. The van der Waals surface area contributed by atoms with Crippen molar-refractivity contribution in [2.24, 2.45) is 0 Å². The molecule has 0 atom stereocenters. The second kappa shape index (κ2) is 9.53. The van der Waals surface area contributed by atoms with Gasteiger partial charge in [0.1, 0.15) is 0 Å². The van der Waals surface area contributed by atoms with E-state index in [0.717, 1.165) is 0 Å². The number of hydrogen-bond donors (Lipinski definition) is 1. The molecule has 142 valence electrons. The maximum atomic E-state index is 11.9. The number of amides is 1. The maximum Gasteiger partial charge on any atom is 0.344 e. The molecule has 0 aliphatic heterocycles. The second-order valence-electron chi connectivity index (χ2n) is 5.07. The Hall–Kier alpha value is -3.14. The van der Waals surface area contributed by atoms with E-state index in [1.54, 1.807) is 24.3 Å². The standard InChI is InChI=1S/C17H15BrN2O7/c1-25-14-4-2-3-5-15(14)26-10-17(22)27-9-16(21)19-13-7-6-11(20(23)24)8-12(13)18/h2-8H,9-10H2,1H3,(H,19,21). The van der Waals surface area contributed by atoms with E-state index in [-0.39, 0.29) is 5.69 Å². The van der Waals surface area contributed by atoms with Crippen molar-refractivity contribution in [3.63, 3.8) is 0 Å². The SMILES string of the molecule is COc1ccccc1OCC(=O)OCC(=O)Nc1ccc([N+](=O)[O-])cc1Br. The van der Waals surface area contributed by atoms with Gasteiger partial charge < -0.3 is 19.5 Å². The number of rotatable bonds is 8. The average molecular weight is 439 g/mol. The van der Waals surface area contributed by atoms with E-state index in [0.29, 0.717) is 21.7 Å². The number of esters is 1. The number of nitro benzene ring substituents is 1. The van der Waals surface area contributed by atoms with Gasteiger partial charge in [-0.05, 0) is 34.1 Å². The van der Waals surface area contributed by atoms with Crippen LogP contribution in [0.15, 0.2) is 46.9 Å². The molecule has 0 aromatic heterocycles. The van der Waals surface area contributed by atoms with E-state index >= 15 is 0 Å². The number of anilines is 1. The number of hydrogen-bond acceptors (Lipinski definition) is 7. The minimum atomic E-state index is -0.737. The molecule has 2 aromatic rings. The summed E-state index contributed by atoms with van der Waals surface area (Å²) in [4.78, 5) is 33.7. The van der Waals surface area contributed by atoms with Gasteiger partial charge in [-0.25, -0.2) is 4.79 Å². The summed E-state index contributed by atoms with van der Waals surface area (Å²) < 4.78 is 15.5. The molecule has 1 amide bonds. The molecule has 0 aliphatic carbocycles. The molecule has 9 nitrogen and oxygen atoms in total. The van der Waals surface area contributed by atoms with E-state index in [4.69, 9.17) is 14.2 Å². The number of halogens is 1. The zero-order valence-electron chi connectivity index (χ0n) is 14.1. The Kier molecular flexibility index (Phi) is 7.12. The number of methoxy groups -OCH3 is 1. The fourth-order valence-corrected chi connectivity index (χ4v) is 2.43. The van der Waals surface area contributed by atoms with Crippen LogP contribution in [0, 0.1) is 10.1 Å². The van der Waals surface area contributed by atoms with Crippen LogP contribution in [0.5, 0.6) is 11.5 Å². The number of nitrogens with one attached hydrogen (secondary N) is 1. The normalized spacial score (nSPS) is 10.0. The molecule has 10 heteroatoms. The molecule has 0 saturated heterocycles. The number of nitro groups is 1. The van der Waals surface area contributed by atoms with Crippen molar-refractivity contribution in [1.29, 1.82) is 0 Å². The third-order valence-electron chi connectivity index (χ3n) is 3.22. The molecule has 0 heterocycles. The van der Waals surface area contributed by atoms with Crippen LogP contribution in [-0.2, 0) is 14.3 Å². The number of carbonyl (C=O) groups excluding carboxylic acids is 2. The monoisotopic (exact) mass is 438 g/mol. The first-order valence-electron chi connectivity index (χ1n) is 7.56. The van der Waals surface area contributed by atoms with Gasteiger partial charge >= 0.3 is 5.97 Å². The third kappa shape index (κ3) is 5.96. The van der Waals surface area contributed by atoms with Gasteiger partial charge in [0.25, 0.3) is 11.6 Å². The van der Waals surface area contributed by atoms with Crippen molar-refractivity contribution in [3.8, 4) is 11.5 Å². The van der Waals surface area contributed by atoms with E-state index in [2.05, 4.69) is 21.2 Å². The molecule has 1 N–H and O–H groups in total. The lowest BCUT2D eigenvalue weighted by molar-refractivity contribution is -0.384. The van der Waals surface area contributed by atoms with Gasteiger partial charge in [-0.1, -0.05) is 12.1 Å². The summed E-state index contributed by atoms with van der Waals surface area (Å²) in [6.45, 7) is -0.924. The predicted molar refractivity (Wildman–Crippen MR) is 98.9 cm³/mol. The van der Waals surface area contributed by atoms with Crippen LogP contribution >= 0.6 is 15.9 Å². The molecule has 27 heavy (non-hydrogen) atoms. The van der Waals surface area contributed by atoms with Gasteiger partial charge in [0.05, 0.1) is 17.7 Å². The van der Waals surface area contributed by atoms with E-state index in [1.165, 1.54) is 25.3 Å². The Morgan fingerprint density at radius 2 is 1.85 bits per heavy atom. The Morgan fingerprint density at radius 3 is 2.48 bits per heavy atom. The van der Waals surface area contributed by atoms with Crippen LogP contribution in [0.1, 0.15) is 0 Å². The predicted octanol–water partition coefficient (Wildman–Crippen LogP) is 2.93. The Bertz CT molecular complexity index is 857. The molecule has 2 rings (SSSR count). The van der Waals surface area contributed by atoms with Gasteiger partial charge in [-0.2, -0.15) is 0 Å². The highest BCUT2D eigenvalue weighted by Crippen LogP contribution is 2.27. The summed E-state index contributed by atoms with van der Waals surface area (Å²) >= 11 is 3.13. The minimum Gasteiger partial charge on any atom is -0.493 e. The highest BCUT2D eigenvalue weighted by atomic mass is 79.9. The number of para-hydroxylation sites is 2. The number of nitrogens with zero attached hydrogens (tertiary/aromatic N) is 1. The molecule has 0 aliphatic rings. The summed E-state index contributed by atoms with van der Waals surface area (Å²) in [6.07, 6.45) is 0. The highest BCUT2D eigenvalue weighted by molar-refractivity contribution is 9.10. The number of benzene rings is 2.